The van der Waals surface area contributed by atoms with Gasteiger partial charge in [0.1, 0.15) is 11.5 Å². The first-order valence-electron chi connectivity index (χ1n) is 8.54. The standard InChI is InChI=1S/C20H12ClF3N4O2/c21-17-8-5-13(10-16(17)20(22,23)24)26-19-28-27-18(30-19)12-3-6-14(7-4-12)29-15-2-1-9-25-11-15/h1-11H,(H,26,28). The van der Waals surface area contributed by atoms with Gasteiger partial charge in [0.15, 0.2) is 0 Å². The second-order valence-corrected chi connectivity index (χ2v) is 6.45. The molecular weight excluding hydrogens is 421 g/mol. The maximum atomic E-state index is 13.0. The number of aromatic nitrogens is 3. The van der Waals surface area contributed by atoms with Gasteiger partial charge in [0.2, 0.25) is 5.89 Å². The van der Waals surface area contributed by atoms with Crippen molar-refractivity contribution in [2.24, 2.45) is 0 Å². The summed E-state index contributed by atoms with van der Waals surface area (Å²) in [5.74, 6) is 1.37. The molecule has 0 aliphatic rings. The average molecular weight is 433 g/mol. The number of anilines is 2. The second-order valence-electron chi connectivity index (χ2n) is 6.04. The van der Waals surface area contributed by atoms with Crippen molar-refractivity contribution in [3.63, 3.8) is 0 Å². The highest BCUT2D eigenvalue weighted by Crippen LogP contribution is 2.36. The molecule has 2 aromatic heterocycles. The van der Waals surface area contributed by atoms with Gasteiger partial charge in [-0.25, -0.2) is 0 Å². The number of hydrogen-bond donors (Lipinski definition) is 1. The Morgan fingerprint density at radius 1 is 0.967 bits per heavy atom. The highest BCUT2D eigenvalue weighted by molar-refractivity contribution is 6.31. The number of alkyl halides is 3. The zero-order valence-corrected chi connectivity index (χ0v) is 15.8. The van der Waals surface area contributed by atoms with E-state index in [0.717, 1.165) is 12.1 Å². The van der Waals surface area contributed by atoms with Crippen LogP contribution < -0.4 is 10.1 Å². The lowest BCUT2D eigenvalue weighted by Gasteiger charge is -2.10. The lowest BCUT2D eigenvalue weighted by molar-refractivity contribution is -0.137. The van der Waals surface area contributed by atoms with Gasteiger partial charge in [0.05, 0.1) is 16.8 Å². The Morgan fingerprint density at radius 2 is 1.77 bits per heavy atom. The van der Waals surface area contributed by atoms with E-state index in [1.54, 1.807) is 48.8 Å². The molecule has 2 aromatic carbocycles. The molecule has 4 aromatic rings. The fraction of sp³-hybridized carbons (Fsp3) is 0.0500. The van der Waals surface area contributed by atoms with E-state index < -0.39 is 16.8 Å². The molecule has 6 nitrogen and oxygen atoms in total. The Bertz CT molecular complexity index is 1150. The minimum Gasteiger partial charge on any atom is -0.456 e. The van der Waals surface area contributed by atoms with Gasteiger partial charge in [-0.3, -0.25) is 4.98 Å². The molecule has 0 aliphatic carbocycles. The lowest BCUT2D eigenvalue weighted by Crippen LogP contribution is -2.06. The van der Waals surface area contributed by atoms with E-state index in [9.17, 15) is 13.2 Å². The van der Waals surface area contributed by atoms with Crippen LogP contribution in [0.2, 0.25) is 5.02 Å². The van der Waals surface area contributed by atoms with Crippen LogP contribution >= 0.6 is 11.6 Å². The fourth-order valence-corrected chi connectivity index (χ4v) is 2.77. The van der Waals surface area contributed by atoms with Gasteiger partial charge in [0, 0.05) is 17.4 Å². The van der Waals surface area contributed by atoms with Crippen LogP contribution in [0.3, 0.4) is 0 Å². The number of rotatable bonds is 5. The summed E-state index contributed by atoms with van der Waals surface area (Å²) in [5, 5.41) is 9.97. The van der Waals surface area contributed by atoms with E-state index in [-0.39, 0.29) is 17.6 Å². The fourth-order valence-electron chi connectivity index (χ4n) is 2.54. The van der Waals surface area contributed by atoms with Crippen LogP contribution in [0.5, 0.6) is 11.5 Å². The number of benzene rings is 2. The van der Waals surface area contributed by atoms with Gasteiger partial charge >= 0.3 is 12.2 Å². The van der Waals surface area contributed by atoms with Gasteiger partial charge in [-0.15, -0.1) is 5.10 Å². The summed E-state index contributed by atoms with van der Waals surface area (Å²) >= 11 is 5.62. The largest absolute Gasteiger partial charge is 0.456 e. The Balaban J connectivity index is 1.48. The van der Waals surface area contributed by atoms with Crippen molar-refractivity contribution in [1.29, 1.82) is 0 Å². The van der Waals surface area contributed by atoms with E-state index in [2.05, 4.69) is 20.5 Å². The lowest BCUT2D eigenvalue weighted by atomic mass is 10.2. The first-order valence-corrected chi connectivity index (χ1v) is 8.92. The van der Waals surface area contributed by atoms with Crippen LogP contribution in [0.15, 0.2) is 71.4 Å². The van der Waals surface area contributed by atoms with E-state index in [4.69, 9.17) is 20.8 Å². The van der Waals surface area contributed by atoms with Gasteiger partial charge in [-0.05, 0) is 54.6 Å². The molecular formula is C20H12ClF3N4O2. The van der Waals surface area contributed by atoms with Crippen LogP contribution in [0.4, 0.5) is 24.9 Å². The summed E-state index contributed by atoms with van der Waals surface area (Å²) < 4.78 is 50.1. The molecule has 2 heterocycles. The molecule has 0 aliphatic heterocycles. The summed E-state index contributed by atoms with van der Waals surface area (Å²) in [7, 11) is 0. The molecule has 0 amide bonds. The maximum absolute atomic E-state index is 13.0. The third-order valence-corrected chi connectivity index (χ3v) is 4.25. The molecule has 0 spiro atoms. The summed E-state index contributed by atoms with van der Waals surface area (Å²) in [6.07, 6.45) is -1.34. The predicted octanol–water partition coefficient (Wildman–Crippen LogP) is 6.34. The third-order valence-electron chi connectivity index (χ3n) is 3.92. The number of nitrogens with one attached hydrogen (secondary N) is 1. The molecule has 0 saturated heterocycles. The molecule has 0 unspecified atom stereocenters. The molecule has 10 heteroatoms. The minimum absolute atomic E-state index is 0.0591. The normalized spacial score (nSPS) is 11.3. The Kier molecular flexibility index (Phi) is 5.28. The Morgan fingerprint density at radius 3 is 2.47 bits per heavy atom. The molecule has 0 saturated carbocycles. The first kappa shape index (κ1) is 19.7. The van der Waals surface area contributed by atoms with Gasteiger partial charge < -0.3 is 14.5 Å². The molecule has 30 heavy (non-hydrogen) atoms. The zero-order chi connectivity index (χ0) is 21.1. The highest BCUT2D eigenvalue weighted by Gasteiger charge is 2.33. The van der Waals surface area contributed by atoms with E-state index >= 15 is 0 Å². The van der Waals surface area contributed by atoms with Crippen molar-refractivity contribution in [2.45, 2.75) is 6.18 Å². The Labute approximate surface area is 173 Å². The van der Waals surface area contributed by atoms with Crippen LogP contribution in [0.1, 0.15) is 5.56 Å². The zero-order valence-electron chi connectivity index (χ0n) is 15.0. The predicted molar refractivity (Wildman–Crippen MR) is 104 cm³/mol. The quantitative estimate of drug-likeness (QED) is 0.396. The number of halogens is 4. The van der Waals surface area contributed by atoms with Crippen molar-refractivity contribution in [2.75, 3.05) is 5.32 Å². The maximum Gasteiger partial charge on any atom is 0.417 e. The van der Waals surface area contributed by atoms with E-state index in [0.29, 0.717) is 17.1 Å². The minimum atomic E-state index is -4.57. The van der Waals surface area contributed by atoms with Gasteiger partial charge in [-0.1, -0.05) is 16.7 Å². The first-order chi connectivity index (χ1) is 14.4. The van der Waals surface area contributed by atoms with E-state index in [1.807, 2.05) is 0 Å². The molecule has 0 bridgehead atoms. The summed E-state index contributed by atoms with van der Waals surface area (Å²) in [6.45, 7) is 0. The van der Waals surface area contributed by atoms with Crippen LogP contribution in [0, 0.1) is 0 Å². The topological polar surface area (TPSA) is 73.1 Å². The molecule has 152 valence electrons. The summed E-state index contributed by atoms with van der Waals surface area (Å²) in [4.78, 5) is 3.97. The number of ether oxygens (including phenoxy) is 1. The third kappa shape index (κ3) is 4.52. The van der Waals surface area contributed by atoms with Crippen LogP contribution in [-0.4, -0.2) is 15.2 Å². The monoisotopic (exact) mass is 432 g/mol. The second kappa shape index (κ2) is 8.03. The van der Waals surface area contributed by atoms with Crippen molar-refractivity contribution in [3.05, 3.63) is 77.6 Å². The van der Waals surface area contributed by atoms with Crippen LogP contribution in [-0.2, 0) is 6.18 Å². The SMILES string of the molecule is FC(F)(F)c1cc(Nc2nnc(-c3ccc(Oc4cccnc4)cc3)o2)ccc1Cl. The summed E-state index contributed by atoms with van der Waals surface area (Å²) in [6, 6.07) is 13.7. The number of hydrogen-bond acceptors (Lipinski definition) is 6. The molecule has 1 N–H and O–H groups in total. The van der Waals surface area contributed by atoms with Crippen molar-refractivity contribution in [1.82, 2.24) is 15.2 Å². The van der Waals surface area contributed by atoms with Crippen molar-refractivity contribution in [3.8, 4) is 23.0 Å². The molecule has 4 rings (SSSR count). The van der Waals surface area contributed by atoms with Crippen molar-refractivity contribution >= 4 is 23.3 Å². The number of nitrogens with zero attached hydrogens (tertiary/aromatic N) is 3. The molecule has 0 atom stereocenters. The van der Waals surface area contributed by atoms with Gasteiger partial charge in [0.25, 0.3) is 0 Å². The number of pyridine rings is 1. The van der Waals surface area contributed by atoms with Gasteiger partial charge in [-0.2, -0.15) is 13.2 Å². The van der Waals surface area contributed by atoms with Crippen LogP contribution in [0.25, 0.3) is 11.5 Å². The highest BCUT2D eigenvalue weighted by atomic mass is 35.5. The Hall–Kier alpha value is -3.59. The van der Waals surface area contributed by atoms with Crippen molar-refractivity contribution < 1.29 is 22.3 Å². The smallest absolute Gasteiger partial charge is 0.417 e. The summed E-state index contributed by atoms with van der Waals surface area (Å²) in [5.41, 5.74) is -0.235. The molecule has 0 radical (unpaired) electrons. The average Bonchev–Trinajstić information content (AvgIpc) is 3.18. The molecule has 0 fully saturated rings. The van der Waals surface area contributed by atoms with E-state index in [1.165, 1.54) is 6.07 Å².